The molecule has 0 aliphatic carbocycles. The molecule has 1 amide bonds. The van der Waals surface area contributed by atoms with Crippen molar-refractivity contribution in [2.24, 2.45) is 0 Å². The second kappa shape index (κ2) is 5.54. The summed E-state index contributed by atoms with van der Waals surface area (Å²) in [5, 5.41) is 9.22. The van der Waals surface area contributed by atoms with Crippen LogP contribution < -0.4 is 4.90 Å². The lowest BCUT2D eigenvalue weighted by molar-refractivity contribution is -0.118. The maximum absolute atomic E-state index is 10.7. The van der Waals surface area contributed by atoms with Crippen molar-refractivity contribution in [3.63, 3.8) is 0 Å². The van der Waals surface area contributed by atoms with Crippen molar-refractivity contribution in [1.82, 2.24) is 14.9 Å². The van der Waals surface area contributed by atoms with Gasteiger partial charge in [0, 0.05) is 26.2 Å². The van der Waals surface area contributed by atoms with Crippen LogP contribution >= 0.6 is 11.6 Å². The number of aromatic nitrogens is 2. The van der Waals surface area contributed by atoms with Gasteiger partial charge in [-0.3, -0.25) is 4.79 Å². The lowest BCUT2D eigenvalue weighted by Gasteiger charge is -2.33. The third-order valence-electron chi connectivity index (χ3n) is 3.50. The Kier molecular flexibility index (Phi) is 3.59. The van der Waals surface area contributed by atoms with Crippen LogP contribution in [0.4, 0.5) is 5.82 Å². The minimum absolute atomic E-state index is 0.317. The third kappa shape index (κ3) is 2.60. The Morgan fingerprint density at radius 1 is 1.19 bits per heavy atom. The van der Waals surface area contributed by atoms with Crippen LogP contribution in [0.3, 0.4) is 0 Å². The smallest absolute Gasteiger partial charge is 0.209 e. The van der Waals surface area contributed by atoms with E-state index in [2.05, 4.69) is 16.0 Å². The molecule has 1 aliphatic rings. The van der Waals surface area contributed by atoms with Crippen LogP contribution in [0, 0.1) is 11.3 Å². The van der Waals surface area contributed by atoms with Gasteiger partial charge in [0.05, 0.1) is 22.7 Å². The van der Waals surface area contributed by atoms with E-state index in [1.807, 2.05) is 4.90 Å². The van der Waals surface area contributed by atoms with Gasteiger partial charge in [-0.2, -0.15) is 5.26 Å². The van der Waals surface area contributed by atoms with Gasteiger partial charge in [-0.15, -0.1) is 0 Å². The Morgan fingerprint density at radius 3 is 2.62 bits per heavy atom. The normalized spacial score (nSPS) is 15.0. The number of benzene rings is 1. The van der Waals surface area contributed by atoms with Gasteiger partial charge in [0.2, 0.25) is 6.41 Å². The zero-order chi connectivity index (χ0) is 14.8. The van der Waals surface area contributed by atoms with Gasteiger partial charge in [0.25, 0.3) is 0 Å². The number of rotatable bonds is 2. The van der Waals surface area contributed by atoms with Crippen molar-refractivity contribution < 1.29 is 4.79 Å². The van der Waals surface area contributed by atoms with E-state index in [1.54, 1.807) is 23.1 Å². The lowest BCUT2D eigenvalue weighted by Crippen LogP contribution is -2.46. The Morgan fingerprint density at radius 2 is 1.95 bits per heavy atom. The van der Waals surface area contributed by atoms with Crippen molar-refractivity contribution in [3.05, 3.63) is 28.9 Å². The highest BCUT2D eigenvalue weighted by molar-refractivity contribution is 6.32. The number of nitriles is 1. The molecule has 0 N–H and O–H groups in total. The summed E-state index contributed by atoms with van der Waals surface area (Å²) in [5.74, 6) is 0.624. The maximum Gasteiger partial charge on any atom is 0.209 e. The highest BCUT2D eigenvalue weighted by atomic mass is 35.5. The largest absolute Gasteiger partial charge is 0.350 e. The zero-order valence-electron chi connectivity index (χ0n) is 11.2. The van der Waals surface area contributed by atoms with Gasteiger partial charge in [-0.25, -0.2) is 9.97 Å². The number of hydrogen-bond donors (Lipinski definition) is 0. The average molecular weight is 302 g/mol. The Labute approximate surface area is 126 Å². The number of nitrogens with zero attached hydrogens (tertiary/aromatic N) is 5. The van der Waals surface area contributed by atoms with Crippen molar-refractivity contribution in [2.75, 3.05) is 31.1 Å². The first kappa shape index (κ1) is 13.6. The minimum Gasteiger partial charge on any atom is -0.350 e. The molecule has 0 saturated carbocycles. The molecular formula is C14H12ClN5O. The van der Waals surface area contributed by atoms with E-state index < -0.39 is 0 Å². The first-order valence-electron chi connectivity index (χ1n) is 6.53. The van der Waals surface area contributed by atoms with E-state index in [0.717, 1.165) is 6.41 Å². The van der Waals surface area contributed by atoms with Crippen molar-refractivity contribution in [3.8, 4) is 6.07 Å². The van der Waals surface area contributed by atoms with E-state index in [0.29, 0.717) is 53.7 Å². The highest BCUT2D eigenvalue weighted by Gasteiger charge is 2.20. The molecule has 0 radical (unpaired) electrons. The molecule has 0 bridgehead atoms. The predicted octanol–water partition coefficient (Wildman–Crippen LogP) is 1.43. The van der Waals surface area contributed by atoms with Gasteiger partial charge >= 0.3 is 0 Å². The molecule has 106 valence electrons. The number of carbonyl (C=O) groups excluding carboxylic acids is 1. The van der Waals surface area contributed by atoms with Crippen LogP contribution in [0.1, 0.15) is 5.56 Å². The van der Waals surface area contributed by atoms with Gasteiger partial charge in [0.15, 0.2) is 11.0 Å². The summed E-state index contributed by atoms with van der Waals surface area (Å²) in [4.78, 5) is 23.3. The molecule has 1 aromatic heterocycles. The van der Waals surface area contributed by atoms with E-state index in [1.165, 1.54) is 0 Å². The molecule has 3 rings (SSSR count). The molecule has 1 saturated heterocycles. The van der Waals surface area contributed by atoms with Crippen LogP contribution in [0.25, 0.3) is 11.0 Å². The second-order valence-electron chi connectivity index (χ2n) is 4.78. The third-order valence-corrected chi connectivity index (χ3v) is 3.75. The predicted molar refractivity (Wildman–Crippen MR) is 79.1 cm³/mol. The van der Waals surface area contributed by atoms with E-state index in [-0.39, 0.29) is 0 Å². The first-order chi connectivity index (χ1) is 10.2. The molecule has 1 aromatic carbocycles. The lowest BCUT2D eigenvalue weighted by atomic mass is 10.2. The second-order valence-corrected chi connectivity index (χ2v) is 5.14. The summed E-state index contributed by atoms with van der Waals surface area (Å²) in [6.07, 6.45) is 0.856. The van der Waals surface area contributed by atoms with E-state index in [9.17, 15) is 4.79 Å². The molecule has 6 nitrogen and oxygen atoms in total. The molecule has 2 heterocycles. The molecule has 0 unspecified atom stereocenters. The van der Waals surface area contributed by atoms with Gasteiger partial charge < -0.3 is 9.80 Å². The summed E-state index contributed by atoms with van der Waals surface area (Å²) in [6, 6.07) is 7.21. The number of hydrogen-bond acceptors (Lipinski definition) is 5. The molecule has 2 aromatic rings. The van der Waals surface area contributed by atoms with Crippen molar-refractivity contribution in [2.45, 2.75) is 0 Å². The Hall–Kier alpha value is -2.39. The maximum atomic E-state index is 10.7. The number of halogens is 1. The molecular weight excluding hydrogens is 290 g/mol. The fourth-order valence-corrected chi connectivity index (χ4v) is 2.59. The fraction of sp³-hybridized carbons (Fsp3) is 0.286. The van der Waals surface area contributed by atoms with Gasteiger partial charge in [0.1, 0.15) is 0 Å². The molecule has 7 heteroatoms. The molecule has 21 heavy (non-hydrogen) atoms. The topological polar surface area (TPSA) is 73.1 Å². The summed E-state index contributed by atoms with van der Waals surface area (Å²) in [6.45, 7) is 2.64. The number of fused-ring (bicyclic) bond motifs is 1. The Balaban J connectivity index is 1.95. The summed E-state index contributed by atoms with van der Waals surface area (Å²) in [5.41, 5.74) is 1.83. The fourth-order valence-electron chi connectivity index (χ4n) is 2.33. The van der Waals surface area contributed by atoms with Crippen molar-refractivity contribution >= 4 is 34.9 Å². The number of anilines is 1. The molecule has 1 aliphatic heterocycles. The zero-order valence-corrected chi connectivity index (χ0v) is 11.9. The Bertz CT molecular complexity index is 734. The molecule has 0 spiro atoms. The standard InChI is InChI=1S/C14H12ClN5O/c15-13-14(20-5-3-19(9-21)4-6-20)18-11-2-1-10(8-16)7-12(11)17-13/h1-2,7,9H,3-6H2. The van der Waals surface area contributed by atoms with Gasteiger partial charge in [-0.05, 0) is 18.2 Å². The monoisotopic (exact) mass is 301 g/mol. The summed E-state index contributed by atoms with van der Waals surface area (Å²) in [7, 11) is 0. The minimum atomic E-state index is 0.317. The van der Waals surface area contributed by atoms with E-state index in [4.69, 9.17) is 16.9 Å². The van der Waals surface area contributed by atoms with Crippen molar-refractivity contribution in [1.29, 1.82) is 5.26 Å². The number of piperazine rings is 1. The summed E-state index contributed by atoms with van der Waals surface area (Å²) < 4.78 is 0. The first-order valence-corrected chi connectivity index (χ1v) is 6.91. The van der Waals surface area contributed by atoms with Crippen LogP contribution in [0.15, 0.2) is 18.2 Å². The van der Waals surface area contributed by atoms with Crippen LogP contribution in [-0.2, 0) is 4.79 Å². The quantitative estimate of drug-likeness (QED) is 0.785. The molecule has 1 fully saturated rings. The average Bonchev–Trinajstić information content (AvgIpc) is 2.53. The SMILES string of the molecule is N#Cc1ccc2nc(N3CCN(C=O)CC3)c(Cl)nc2c1. The van der Waals surface area contributed by atoms with E-state index >= 15 is 0 Å². The number of carbonyl (C=O) groups is 1. The summed E-state index contributed by atoms with van der Waals surface area (Å²) >= 11 is 6.22. The number of amides is 1. The van der Waals surface area contributed by atoms with Crippen LogP contribution in [0.2, 0.25) is 5.15 Å². The van der Waals surface area contributed by atoms with Gasteiger partial charge in [-0.1, -0.05) is 11.6 Å². The molecule has 0 atom stereocenters. The van der Waals surface area contributed by atoms with Crippen LogP contribution in [-0.4, -0.2) is 47.5 Å². The van der Waals surface area contributed by atoms with Crippen LogP contribution in [0.5, 0.6) is 0 Å². The highest BCUT2D eigenvalue weighted by Crippen LogP contribution is 2.25.